The van der Waals surface area contributed by atoms with Crippen LogP contribution in [0.15, 0.2) is 24.8 Å². The van der Waals surface area contributed by atoms with Gasteiger partial charge in [-0.2, -0.15) is 0 Å². The van der Waals surface area contributed by atoms with E-state index in [1.807, 2.05) is 17.8 Å². The third kappa shape index (κ3) is 3.77. The highest BCUT2D eigenvalue weighted by Crippen LogP contribution is 2.06. The van der Waals surface area contributed by atoms with Crippen molar-refractivity contribution in [3.8, 4) is 0 Å². The molecule has 2 rings (SSSR count). The van der Waals surface area contributed by atoms with Crippen LogP contribution in [0.5, 0.6) is 0 Å². The molecule has 7 heteroatoms. The Hall–Kier alpha value is -2.44. The van der Waals surface area contributed by atoms with Gasteiger partial charge in [0, 0.05) is 33.0 Å². The van der Waals surface area contributed by atoms with Crippen LogP contribution in [0, 0.1) is 0 Å². The fraction of sp³-hybridized carbons (Fsp3) is 0.429. The number of imidazole rings is 1. The van der Waals surface area contributed by atoms with E-state index in [0.29, 0.717) is 18.1 Å². The van der Waals surface area contributed by atoms with Crippen molar-refractivity contribution in [3.63, 3.8) is 0 Å². The van der Waals surface area contributed by atoms with Crippen molar-refractivity contribution < 1.29 is 4.79 Å². The second-order valence-electron chi connectivity index (χ2n) is 4.83. The molecule has 0 unspecified atom stereocenters. The average molecular weight is 288 g/mol. The molecule has 7 nitrogen and oxygen atoms in total. The molecule has 0 saturated heterocycles. The van der Waals surface area contributed by atoms with Gasteiger partial charge in [0.1, 0.15) is 17.3 Å². The van der Waals surface area contributed by atoms with Gasteiger partial charge in [0.05, 0.1) is 18.9 Å². The number of nitrogens with zero attached hydrogens (tertiary/aromatic N) is 5. The Balaban J connectivity index is 2.00. The van der Waals surface area contributed by atoms with Crippen LogP contribution in [-0.4, -0.2) is 43.9 Å². The van der Waals surface area contributed by atoms with E-state index in [1.54, 1.807) is 24.3 Å². The monoisotopic (exact) mass is 288 g/mol. The number of carbonyl (C=O) groups is 1. The molecule has 1 N–H and O–H groups in total. The van der Waals surface area contributed by atoms with E-state index >= 15 is 0 Å². The predicted molar refractivity (Wildman–Crippen MR) is 79.8 cm³/mol. The summed E-state index contributed by atoms with van der Waals surface area (Å²) < 4.78 is 1.88. The molecule has 0 aliphatic rings. The molecule has 0 aliphatic heterocycles. The summed E-state index contributed by atoms with van der Waals surface area (Å²) >= 11 is 0. The van der Waals surface area contributed by atoms with E-state index in [-0.39, 0.29) is 5.91 Å². The summed E-state index contributed by atoms with van der Waals surface area (Å²) in [6.45, 7) is 3.34. The second kappa shape index (κ2) is 6.83. The zero-order chi connectivity index (χ0) is 15.2. The summed E-state index contributed by atoms with van der Waals surface area (Å²) in [5.41, 5.74) is 0.328. The number of hydrogen-bond acceptors (Lipinski definition) is 5. The molecular formula is C14H20N6O. The number of anilines is 1. The largest absolute Gasteiger partial charge is 0.369 e. The Morgan fingerprint density at radius 2 is 2.14 bits per heavy atom. The van der Waals surface area contributed by atoms with Crippen molar-refractivity contribution >= 4 is 11.7 Å². The Morgan fingerprint density at radius 1 is 1.33 bits per heavy atom. The first-order valence-electron chi connectivity index (χ1n) is 6.89. The lowest BCUT2D eigenvalue weighted by atomic mass is 10.3. The summed E-state index contributed by atoms with van der Waals surface area (Å²) in [7, 11) is 3.62. The molecule has 0 atom stereocenters. The molecule has 0 aliphatic carbocycles. The lowest BCUT2D eigenvalue weighted by molar-refractivity contribution is 0.0774. The topological polar surface area (TPSA) is 75.9 Å². The third-order valence-electron chi connectivity index (χ3n) is 3.07. The minimum absolute atomic E-state index is 0.174. The van der Waals surface area contributed by atoms with Crippen LogP contribution < -0.4 is 5.32 Å². The van der Waals surface area contributed by atoms with Gasteiger partial charge in [-0.1, -0.05) is 6.92 Å². The Morgan fingerprint density at radius 3 is 2.71 bits per heavy atom. The van der Waals surface area contributed by atoms with Crippen LogP contribution in [-0.2, 0) is 13.6 Å². The van der Waals surface area contributed by atoms with Crippen molar-refractivity contribution in [2.75, 3.05) is 18.9 Å². The number of amides is 1. The number of carbonyl (C=O) groups excluding carboxylic acids is 1. The molecule has 0 bridgehead atoms. The molecule has 0 aromatic carbocycles. The fourth-order valence-corrected chi connectivity index (χ4v) is 1.81. The Labute approximate surface area is 124 Å². The smallest absolute Gasteiger partial charge is 0.274 e. The van der Waals surface area contributed by atoms with Crippen LogP contribution in [0.3, 0.4) is 0 Å². The fourth-order valence-electron chi connectivity index (χ4n) is 1.81. The van der Waals surface area contributed by atoms with Gasteiger partial charge in [0.15, 0.2) is 0 Å². The molecule has 21 heavy (non-hydrogen) atoms. The first-order valence-corrected chi connectivity index (χ1v) is 6.89. The van der Waals surface area contributed by atoms with E-state index < -0.39 is 0 Å². The van der Waals surface area contributed by atoms with E-state index in [1.165, 1.54) is 6.20 Å². The highest BCUT2D eigenvalue weighted by atomic mass is 16.2. The lowest BCUT2D eigenvalue weighted by Gasteiger charge is -2.16. The number of rotatable bonds is 6. The maximum absolute atomic E-state index is 12.3. The summed E-state index contributed by atoms with van der Waals surface area (Å²) in [6, 6.07) is 0. The van der Waals surface area contributed by atoms with Gasteiger partial charge in [0.25, 0.3) is 5.91 Å². The number of nitrogens with one attached hydrogen (secondary N) is 1. The molecule has 0 fully saturated rings. The summed E-state index contributed by atoms with van der Waals surface area (Å²) in [6.07, 6.45) is 7.64. The minimum atomic E-state index is -0.174. The van der Waals surface area contributed by atoms with Crippen LogP contribution >= 0.6 is 0 Å². The zero-order valence-corrected chi connectivity index (χ0v) is 12.6. The molecule has 0 saturated carbocycles. The normalized spacial score (nSPS) is 10.4. The predicted octanol–water partition coefficient (Wildman–Crippen LogP) is 1.30. The van der Waals surface area contributed by atoms with Crippen LogP contribution in [0.1, 0.15) is 29.7 Å². The van der Waals surface area contributed by atoms with Crippen molar-refractivity contribution in [2.45, 2.75) is 19.9 Å². The highest BCUT2D eigenvalue weighted by molar-refractivity contribution is 5.91. The quantitative estimate of drug-likeness (QED) is 0.867. The maximum atomic E-state index is 12.3. The highest BCUT2D eigenvalue weighted by Gasteiger charge is 2.15. The SMILES string of the molecule is CCCNc1cnc(C(=O)N(C)Cc2nccn2C)cn1. The zero-order valence-electron chi connectivity index (χ0n) is 12.6. The van der Waals surface area contributed by atoms with Gasteiger partial charge < -0.3 is 14.8 Å². The lowest BCUT2D eigenvalue weighted by Crippen LogP contribution is -2.28. The molecule has 112 valence electrons. The van der Waals surface area contributed by atoms with Gasteiger partial charge in [-0.25, -0.2) is 15.0 Å². The number of hydrogen-bond donors (Lipinski definition) is 1. The molecular weight excluding hydrogens is 268 g/mol. The summed E-state index contributed by atoms with van der Waals surface area (Å²) in [5, 5.41) is 3.12. The summed E-state index contributed by atoms with van der Waals surface area (Å²) in [4.78, 5) is 26.4. The number of aromatic nitrogens is 4. The van der Waals surface area contributed by atoms with Gasteiger partial charge in [-0.15, -0.1) is 0 Å². The molecule has 2 aromatic heterocycles. The Kier molecular flexibility index (Phi) is 4.86. The van der Waals surface area contributed by atoms with Crippen molar-refractivity contribution in [1.82, 2.24) is 24.4 Å². The van der Waals surface area contributed by atoms with Crippen molar-refractivity contribution in [1.29, 1.82) is 0 Å². The van der Waals surface area contributed by atoms with E-state index in [9.17, 15) is 4.79 Å². The first-order chi connectivity index (χ1) is 10.1. The molecule has 2 aromatic rings. The van der Waals surface area contributed by atoms with Gasteiger partial charge >= 0.3 is 0 Å². The van der Waals surface area contributed by atoms with Gasteiger partial charge in [0.2, 0.25) is 0 Å². The average Bonchev–Trinajstić information content (AvgIpc) is 2.90. The van der Waals surface area contributed by atoms with E-state index in [0.717, 1.165) is 18.8 Å². The third-order valence-corrected chi connectivity index (χ3v) is 3.07. The first kappa shape index (κ1) is 15.0. The maximum Gasteiger partial charge on any atom is 0.274 e. The van der Waals surface area contributed by atoms with Crippen molar-refractivity contribution in [3.05, 3.63) is 36.3 Å². The molecule has 2 heterocycles. The number of aryl methyl sites for hydroxylation is 1. The molecule has 0 spiro atoms. The molecule has 0 radical (unpaired) electrons. The Bertz CT molecular complexity index is 592. The van der Waals surface area contributed by atoms with E-state index in [4.69, 9.17) is 0 Å². The summed E-state index contributed by atoms with van der Waals surface area (Å²) in [5.74, 6) is 1.33. The van der Waals surface area contributed by atoms with Gasteiger partial charge in [-0.3, -0.25) is 4.79 Å². The second-order valence-corrected chi connectivity index (χ2v) is 4.83. The minimum Gasteiger partial charge on any atom is -0.369 e. The standard InChI is InChI=1S/C14H20N6O/c1-4-5-15-12-9-17-11(8-18-12)14(21)20(3)10-13-16-6-7-19(13)2/h6-9H,4-5,10H2,1-3H3,(H,15,18). The molecule has 1 amide bonds. The van der Waals surface area contributed by atoms with Crippen LogP contribution in [0.25, 0.3) is 0 Å². The van der Waals surface area contributed by atoms with E-state index in [2.05, 4.69) is 27.2 Å². The van der Waals surface area contributed by atoms with Crippen LogP contribution in [0.4, 0.5) is 5.82 Å². The van der Waals surface area contributed by atoms with Crippen molar-refractivity contribution in [2.24, 2.45) is 7.05 Å². The van der Waals surface area contributed by atoms with Gasteiger partial charge in [-0.05, 0) is 6.42 Å². The van der Waals surface area contributed by atoms with Crippen LogP contribution in [0.2, 0.25) is 0 Å².